The Balaban J connectivity index is 0. The van der Waals surface area contributed by atoms with Crippen molar-refractivity contribution in [3.05, 3.63) is 0 Å². The molecule has 0 amide bonds. The average molecular weight is 391 g/mol. The van der Waals surface area contributed by atoms with Crippen molar-refractivity contribution in [2.75, 3.05) is 12.3 Å². The van der Waals surface area contributed by atoms with Crippen LogP contribution in [0.15, 0.2) is 0 Å². The lowest BCUT2D eigenvalue weighted by Gasteiger charge is -2.27. The topological polar surface area (TPSA) is 37.3 Å². The van der Waals surface area contributed by atoms with E-state index in [2.05, 4.69) is 69.2 Å². The van der Waals surface area contributed by atoms with Gasteiger partial charge in [0.2, 0.25) is 7.37 Å². The van der Waals surface area contributed by atoms with E-state index in [-0.39, 0.29) is 10.8 Å². The fraction of sp³-hybridized carbons (Fsp3) is 1.00. The first-order chi connectivity index (χ1) is 11.6. The summed E-state index contributed by atoms with van der Waals surface area (Å²) >= 11 is 0. The predicted octanol–water partition coefficient (Wildman–Crippen LogP) is 8.38. The van der Waals surface area contributed by atoms with Gasteiger partial charge in [0.25, 0.3) is 0 Å². The third kappa shape index (κ3) is 22.2. The highest BCUT2D eigenvalue weighted by atomic mass is 31.2. The molecule has 0 aromatic carbocycles. The molecule has 0 aromatic rings. The van der Waals surface area contributed by atoms with E-state index >= 15 is 0 Å². The predicted molar refractivity (Wildman–Crippen MR) is 120 cm³/mol. The Bertz CT molecular complexity index is 345. The molecule has 2 unspecified atom stereocenters. The SMILES string of the molecule is CC(CC(C)(C)C)CP(=O)(O)CC(C)CC(C)(C)C.CCCCCCC. The Labute approximate surface area is 166 Å². The molecule has 0 fully saturated rings. The minimum Gasteiger partial charge on any atom is -0.344 e. The molecule has 0 aliphatic rings. The molecule has 2 nitrogen and oxygen atoms in total. The summed E-state index contributed by atoms with van der Waals surface area (Å²) in [7, 11) is -2.98. The smallest absolute Gasteiger partial charge is 0.201 e. The Hall–Kier alpha value is 0.190. The van der Waals surface area contributed by atoms with Crippen molar-refractivity contribution in [2.45, 2.75) is 114 Å². The van der Waals surface area contributed by atoms with Crippen molar-refractivity contribution in [1.29, 1.82) is 0 Å². The molecule has 0 spiro atoms. The lowest BCUT2D eigenvalue weighted by atomic mass is 9.86. The summed E-state index contributed by atoms with van der Waals surface area (Å²) in [5.74, 6) is 0.635. The maximum atomic E-state index is 12.4. The summed E-state index contributed by atoms with van der Waals surface area (Å²) in [6.45, 7) is 21.8. The summed E-state index contributed by atoms with van der Waals surface area (Å²) in [4.78, 5) is 10.2. The highest BCUT2D eigenvalue weighted by Crippen LogP contribution is 2.47. The van der Waals surface area contributed by atoms with Crippen molar-refractivity contribution in [3.63, 3.8) is 0 Å². The Morgan fingerprint density at radius 1 is 0.731 bits per heavy atom. The van der Waals surface area contributed by atoms with E-state index in [1.54, 1.807) is 0 Å². The molecule has 0 bridgehead atoms. The van der Waals surface area contributed by atoms with E-state index < -0.39 is 7.37 Å². The van der Waals surface area contributed by atoms with Crippen LogP contribution in [-0.4, -0.2) is 17.2 Å². The Morgan fingerprint density at radius 2 is 1.04 bits per heavy atom. The highest BCUT2D eigenvalue weighted by molar-refractivity contribution is 7.58. The summed E-state index contributed by atoms with van der Waals surface area (Å²) < 4.78 is 12.4. The summed E-state index contributed by atoms with van der Waals surface area (Å²) in [5.41, 5.74) is 0.465. The fourth-order valence-corrected chi connectivity index (χ4v) is 6.30. The van der Waals surface area contributed by atoms with Gasteiger partial charge in [0.1, 0.15) is 0 Å². The molecule has 160 valence electrons. The summed E-state index contributed by atoms with van der Waals surface area (Å²) in [5, 5.41) is 0. The third-order valence-corrected chi connectivity index (χ3v) is 6.71. The second kappa shape index (κ2) is 13.4. The van der Waals surface area contributed by atoms with Crippen molar-refractivity contribution in [2.24, 2.45) is 22.7 Å². The average Bonchev–Trinajstić information content (AvgIpc) is 2.33. The van der Waals surface area contributed by atoms with Crippen molar-refractivity contribution in [1.82, 2.24) is 0 Å². The normalized spacial score (nSPS) is 17.0. The first kappa shape index (κ1) is 28.4. The van der Waals surface area contributed by atoms with Gasteiger partial charge in [0, 0.05) is 12.3 Å². The highest BCUT2D eigenvalue weighted by Gasteiger charge is 2.28. The van der Waals surface area contributed by atoms with Crippen molar-refractivity contribution >= 4 is 7.37 Å². The molecule has 1 N–H and O–H groups in total. The van der Waals surface area contributed by atoms with Gasteiger partial charge in [-0.25, -0.2) is 0 Å². The minimum absolute atomic E-state index is 0.233. The largest absolute Gasteiger partial charge is 0.344 e. The minimum atomic E-state index is -2.98. The van der Waals surface area contributed by atoms with E-state index in [1.165, 1.54) is 32.1 Å². The van der Waals surface area contributed by atoms with Gasteiger partial charge >= 0.3 is 0 Å². The molecular formula is C23H51O2P. The van der Waals surface area contributed by atoms with Crippen LogP contribution >= 0.6 is 7.37 Å². The first-order valence-corrected chi connectivity index (χ1v) is 13.0. The van der Waals surface area contributed by atoms with E-state index in [1.807, 2.05) is 0 Å². The van der Waals surface area contributed by atoms with Gasteiger partial charge in [-0.15, -0.1) is 0 Å². The van der Waals surface area contributed by atoms with Crippen LogP contribution in [0.25, 0.3) is 0 Å². The molecule has 0 heterocycles. The number of hydrogen-bond acceptors (Lipinski definition) is 1. The van der Waals surface area contributed by atoms with E-state index in [9.17, 15) is 9.46 Å². The Kier molecular flexibility index (Phi) is 14.6. The molecular weight excluding hydrogens is 339 g/mol. The standard InChI is InChI=1S/C16H35O2P.C7H16/c1-13(9-15(3,4)5)11-19(17,18)12-14(2)10-16(6,7)8;1-3-5-7-6-4-2/h13-14H,9-12H2,1-8H3,(H,17,18);3-7H2,1-2H3. The molecule has 2 atom stereocenters. The second-order valence-electron chi connectivity index (χ2n) is 11.0. The van der Waals surface area contributed by atoms with Crippen LogP contribution in [0.4, 0.5) is 0 Å². The zero-order chi connectivity index (χ0) is 21.0. The van der Waals surface area contributed by atoms with Gasteiger partial charge < -0.3 is 4.89 Å². The van der Waals surface area contributed by atoms with Gasteiger partial charge in [-0.2, -0.15) is 0 Å². The van der Waals surface area contributed by atoms with Gasteiger partial charge in [-0.1, -0.05) is 101 Å². The van der Waals surface area contributed by atoms with Gasteiger partial charge in [-0.05, 0) is 35.5 Å². The maximum Gasteiger partial charge on any atom is 0.201 e. The lowest BCUT2D eigenvalue weighted by Crippen LogP contribution is -2.18. The molecule has 0 aliphatic heterocycles. The van der Waals surface area contributed by atoms with Crippen LogP contribution in [0.2, 0.25) is 0 Å². The number of unbranched alkanes of at least 4 members (excludes halogenated alkanes) is 4. The molecule has 26 heavy (non-hydrogen) atoms. The van der Waals surface area contributed by atoms with E-state index in [0.29, 0.717) is 24.2 Å². The van der Waals surface area contributed by atoms with E-state index in [4.69, 9.17) is 0 Å². The molecule has 0 rings (SSSR count). The molecule has 0 aliphatic carbocycles. The molecule has 0 aromatic heterocycles. The Morgan fingerprint density at radius 3 is 1.27 bits per heavy atom. The number of rotatable bonds is 10. The van der Waals surface area contributed by atoms with Crippen LogP contribution in [0.3, 0.4) is 0 Å². The van der Waals surface area contributed by atoms with Crippen LogP contribution in [-0.2, 0) is 4.57 Å². The molecule has 0 radical (unpaired) electrons. The zero-order valence-electron chi connectivity index (χ0n) is 19.8. The van der Waals surface area contributed by atoms with Crippen LogP contribution in [0.1, 0.15) is 114 Å². The second-order valence-corrected chi connectivity index (χ2v) is 13.4. The summed E-state index contributed by atoms with van der Waals surface area (Å²) in [6, 6.07) is 0. The van der Waals surface area contributed by atoms with Crippen LogP contribution < -0.4 is 0 Å². The van der Waals surface area contributed by atoms with Gasteiger partial charge in [-0.3, -0.25) is 4.57 Å². The molecule has 3 heteroatoms. The third-order valence-electron chi connectivity index (χ3n) is 4.32. The number of hydrogen-bond donors (Lipinski definition) is 1. The molecule has 0 saturated heterocycles. The fourth-order valence-electron chi connectivity index (χ4n) is 3.95. The lowest BCUT2D eigenvalue weighted by molar-refractivity contribution is 0.309. The van der Waals surface area contributed by atoms with E-state index in [0.717, 1.165) is 12.8 Å². The first-order valence-electron chi connectivity index (χ1n) is 10.9. The monoisotopic (exact) mass is 390 g/mol. The zero-order valence-corrected chi connectivity index (χ0v) is 20.7. The van der Waals surface area contributed by atoms with Gasteiger partial charge in [0.15, 0.2) is 0 Å². The van der Waals surface area contributed by atoms with Crippen molar-refractivity contribution in [3.8, 4) is 0 Å². The van der Waals surface area contributed by atoms with Crippen molar-refractivity contribution < 1.29 is 9.46 Å². The maximum absolute atomic E-state index is 12.4. The quantitative estimate of drug-likeness (QED) is 0.300. The summed E-state index contributed by atoms with van der Waals surface area (Å²) in [6.07, 6.45) is 9.96. The van der Waals surface area contributed by atoms with Crippen LogP contribution in [0, 0.1) is 22.7 Å². The van der Waals surface area contributed by atoms with Gasteiger partial charge in [0.05, 0.1) is 0 Å². The van der Waals surface area contributed by atoms with Crippen LogP contribution in [0.5, 0.6) is 0 Å². The molecule has 0 saturated carbocycles.